The van der Waals surface area contributed by atoms with Crippen molar-refractivity contribution in [2.24, 2.45) is 0 Å². The summed E-state index contributed by atoms with van der Waals surface area (Å²) in [5.41, 5.74) is 2.31. The van der Waals surface area contributed by atoms with Gasteiger partial charge in [-0.3, -0.25) is 9.59 Å². The van der Waals surface area contributed by atoms with Gasteiger partial charge in [0.25, 0.3) is 5.91 Å². The minimum Gasteiger partial charge on any atom is -0.376 e. The normalized spacial score (nSPS) is 24.4. The highest BCUT2D eigenvalue weighted by Gasteiger charge is 2.31. The monoisotopic (exact) mass is 274 g/mol. The average Bonchev–Trinajstić information content (AvgIpc) is 3.00. The number of hydrogen-bond acceptors (Lipinski definition) is 3. The first kappa shape index (κ1) is 13.1. The Morgan fingerprint density at radius 2 is 2.25 bits per heavy atom. The van der Waals surface area contributed by atoms with Crippen LogP contribution in [0.4, 0.5) is 5.69 Å². The van der Waals surface area contributed by atoms with Gasteiger partial charge in [-0.05, 0) is 31.0 Å². The van der Waals surface area contributed by atoms with E-state index in [1.807, 2.05) is 20.0 Å². The first-order chi connectivity index (χ1) is 9.56. The fourth-order valence-corrected chi connectivity index (χ4v) is 2.93. The molecule has 3 rings (SSSR count). The zero-order chi connectivity index (χ0) is 14.3. The predicted molar refractivity (Wildman–Crippen MR) is 74.7 cm³/mol. The summed E-state index contributed by atoms with van der Waals surface area (Å²) in [6.07, 6.45) is 1.33. The lowest BCUT2D eigenvalue weighted by Crippen LogP contribution is -2.41. The molecule has 2 atom stereocenters. The SMILES string of the molecule is CC1OCCC1N(C)C(=O)c1ccc2c(c1)NC(=O)C2. The van der Waals surface area contributed by atoms with Crippen LogP contribution in [-0.4, -0.2) is 42.5 Å². The highest BCUT2D eigenvalue weighted by Crippen LogP contribution is 2.26. The minimum atomic E-state index is -0.0312. The molecule has 0 saturated carbocycles. The first-order valence-corrected chi connectivity index (χ1v) is 6.88. The lowest BCUT2D eigenvalue weighted by atomic mass is 10.1. The molecule has 1 aromatic rings. The van der Waals surface area contributed by atoms with Gasteiger partial charge in [0, 0.05) is 24.9 Å². The quantitative estimate of drug-likeness (QED) is 0.887. The maximum Gasteiger partial charge on any atom is 0.254 e. The van der Waals surface area contributed by atoms with Crippen LogP contribution in [-0.2, 0) is 16.0 Å². The molecule has 5 heteroatoms. The summed E-state index contributed by atoms with van der Waals surface area (Å²) in [6, 6.07) is 5.52. The summed E-state index contributed by atoms with van der Waals surface area (Å²) >= 11 is 0. The molecule has 0 radical (unpaired) electrons. The second kappa shape index (κ2) is 4.90. The van der Waals surface area contributed by atoms with Crippen LogP contribution in [0.25, 0.3) is 0 Å². The van der Waals surface area contributed by atoms with Crippen molar-refractivity contribution in [1.29, 1.82) is 0 Å². The molecule has 2 heterocycles. The number of amides is 2. The Labute approximate surface area is 117 Å². The van der Waals surface area contributed by atoms with Crippen LogP contribution >= 0.6 is 0 Å². The largest absolute Gasteiger partial charge is 0.376 e. The highest BCUT2D eigenvalue weighted by atomic mass is 16.5. The topological polar surface area (TPSA) is 58.6 Å². The Kier molecular flexibility index (Phi) is 3.22. The number of anilines is 1. The fourth-order valence-electron chi connectivity index (χ4n) is 2.93. The summed E-state index contributed by atoms with van der Waals surface area (Å²) in [7, 11) is 1.81. The van der Waals surface area contributed by atoms with Gasteiger partial charge >= 0.3 is 0 Å². The number of nitrogens with zero attached hydrogens (tertiary/aromatic N) is 1. The maximum atomic E-state index is 12.5. The summed E-state index contributed by atoms with van der Waals surface area (Å²) in [4.78, 5) is 25.6. The Hall–Kier alpha value is -1.88. The van der Waals surface area contributed by atoms with Crippen LogP contribution in [0.3, 0.4) is 0 Å². The standard InChI is InChI=1S/C15H18N2O3/c1-9-13(5-6-20-9)17(2)15(19)11-4-3-10-8-14(18)16-12(10)7-11/h3-4,7,9,13H,5-6,8H2,1-2H3,(H,16,18). The average molecular weight is 274 g/mol. The third-order valence-electron chi connectivity index (χ3n) is 4.14. The van der Waals surface area contributed by atoms with Crippen molar-refractivity contribution >= 4 is 17.5 Å². The molecule has 0 spiro atoms. The van der Waals surface area contributed by atoms with E-state index in [1.165, 1.54) is 0 Å². The molecular formula is C15H18N2O3. The molecule has 0 aliphatic carbocycles. The van der Waals surface area contributed by atoms with Gasteiger partial charge in [0.1, 0.15) is 0 Å². The van der Waals surface area contributed by atoms with E-state index in [-0.39, 0.29) is 24.0 Å². The van der Waals surface area contributed by atoms with Crippen molar-refractivity contribution in [1.82, 2.24) is 4.90 Å². The van der Waals surface area contributed by atoms with Gasteiger partial charge in [-0.25, -0.2) is 0 Å². The zero-order valence-electron chi connectivity index (χ0n) is 11.7. The van der Waals surface area contributed by atoms with Crippen molar-refractivity contribution in [3.63, 3.8) is 0 Å². The van der Waals surface area contributed by atoms with Gasteiger partial charge in [-0.15, -0.1) is 0 Å². The smallest absolute Gasteiger partial charge is 0.254 e. The van der Waals surface area contributed by atoms with Crippen molar-refractivity contribution < 1.29 is 14.3 Å². The summed E-state index contributed by atoms with van der Waals surface area (Å²) in [6.45, 7) is 2.69. The third-order valence-corrected chi connectivity index (χ3v) is 4.14. The highest BCUT2D eigenvalue weighted by molar-refractivity contribution is 6.02. The summed E-state index contributed by atoms with van der Waals surface area (Å²) in [5, 5.41) is 2.78. The van der Waals surface area contributed by atoms with Crippen LogP contribution in [0.15, 0.2) is 18.2 Å². The molecule has 2 aliphatic heterocycles. The molecule has 0 bridgehead atoms. The maximum absolute atomic E-state index is 12.5. The fraction of sp³-hybridized carbons (Fsp3) is 0.467. The van der Waals surface area contributed by atoms with E-state index in [0.717, 1.165) is 17.7 Å². The number of likely N-dealkylation sites (N-methyl/N-ethyl adjacent to an activating group) is 1. The van der Waals surface area contributed by atoms with Gasteiger partial charge in [-0.1, -0.05) is 6.07 Å². The van der Waals surface area contributed by atoms with Gasteiger partial charge in [0.2, 0.25) is 5.91 Å². The predicted octanol–water partition coefficient (Wildman–Crippen LogP) is 1.43. The number of carbonyl (C=O) groups is 2. The number of hydrogen-bond donors (Lipinski definition) is 1. The van der Waals surface area contributed by atoms with Crippen LogP contribution in [0, 0.1) is 0 Å². The van der Waals surface area contributed by atoms with Crippen molar-refractivity contribution in [3.8, 4) is 0 Å². The lowest BCUT2D eigenvalue weighted by molar-refractivity contribution is -0.115. The number of nitrogens with one attached hydrogen (secondary N) is 1. The molecule has 2 unspecified atom stereocenters. The van der Waals surface area contributed by atoms with E-state index in [2.05, 4.69) is 5.32 Å². The van der Waals surface area contributed by atoms with E-state index in [0.29, 0.717) is 18.6 Å². The van der Waals surface area contributed by atoms with Crippen LogP contribution in [0.2, 0.25) is 0 Å². The van der Waals surface area contributed by atoms with Gasteiger partial charge < -0.3 is 15.0 Å². The van der Waals surface area contributed by atoms with E-state index >= 15 is 0 Å². The number of ether oxygens (including phenoxy) is 1. The summed E-state index contributed by atoms with van der Waals surface area (Å²) < 4.78 is 5.51. The van der Waals surface area contributed by atoms with Crippen molar-refractivity contribution in [3.05, 3.63) is 29.3 Å². The Bertz CT molecular complexity index is 570. The molecule has 1 aromatic carbocycles. The molecule has 20 heavy (non-hydrogen) atoms. The molecule has 1 N–H and O–H groups in total. The summed E-state index contributed by atoms with van der Waals surface area (Å²) in [5.74, 6) is -0.0490. The van der Waals surface area contributed by atoms with E-state index in [4.69, 9.17) is 4.74 Å². The van der Waals surface area contributed by atoms with Crippen LogP contribution in [0.5, 0.6) is 0 Å². The number of fused-ring (bicyclic) bond motifs is 1. The molecule has 2 aliphatic rings. The van der Waals surface area contributed by atoms with Crippen LogP contribution in [0.1, 0.15) is 29.3 Å². The zero-order valence-corrected chi connectivity index (χ0v) is 11.7. The van der Waals surface area contributed by atoms with Gasteiger partial charge in [0.05, 0.1) is 18.6 Å². The van der Waals surface area contributed by atoms with Gasteiger partial charge in [-0.2, -0.15) is 0 Å². The Morgan fingerprint density at radius 1 is 1.45 bits per heavy atom. The molecule has 1 saturated heterocycles. The van der Waals surface area contributed by atoms with Crippen molar-refractivity contribution in [2.75, 3.05) is 19.0 Å². The van der Waals surface area contributed by atoms with Gasteiger partial charge in [0.15, 0.2) is 0 Å². The Balaban J connectivity index is 1.81. The van der Waals surface area contributed by atoms with E-state index < -0.39 is 0 Å². The second-order valence-corrected chi connectivity index (χ2v) is 5.44. The minimum absolute atomic E-state index is 0.0178. The van der Waals surface area contributed by atoms with Crippen LogP contribution < -0.4 is 5.32 Å². The van der Waals surface area contributed by atoms with Crippen molar-refractivity contribution in [2.45, 2.75) is 31.9 Å². The third kappa shape index (κ3) is 2.18. The van der Waals surface area contributed by atoms with E-state index in [1.54, 1.807) is 17.0 Å². The number of carbonyl (C=O) groups excluding carboxylic acids is 2. The molecular weight excluding hydrogens is 256 g/mol. The molecule has 2 amide bonds. The molecule has 1 fully saturated rings. The van der Waals surface area contributed by atoms with E-state index in [9.17, 15) is 9.59 Å². The molecule has 0 aromatic heterocycles. The molecule has 106 valence electrons. The lowest BCUT2D eigenvalue weighted by Gasteiger charge is -2.27. The number of benzene rings is 1. The second-order valence-electron chi connectivity index (χ2n) is 5.44. The number of rotatable bonds is 2. The first-order valence-electron chi connectivity index (χ1n) is 6.88. The molecule has 5 nitrogen and oxygen atoms in total. The Morgan fingerprint density at radius 3 is 2.95 bits per heavy atom.